The summed E-state index contributed by atoms with van der Waals surface area (Å²) < 4.78 is 7.16. The van der Waals surface area contributed by atoms with E-state index in [0.29, 0.717) is 5.56 Å². The second-order valence-electron chi connectivity index (χ2n) is 4.50. The number of nitrogens with zero attached hydrogens (tertiary/aromatic N) is 1. The predicted molar refractivity (Wildman–Crippen MR) is 61.3 cm³/mol. The molecule has 2 rings (SSSR count). The summed E-state index contributed by atoms with van der Waals surface area (Å²) in [6, 6.07) is 3.25. The number of primary amides is 1. The van der Waals surface area contributed by atoms with Gasteiger partial charge in [-0.15, -0.1) is 0 Å². The molecule has 2 heterocycles. The van der Waals surface area contributed by atoms with E-state index in [1.54, 1.807) is 22.9 Å². The Hall–Kier alpha value is -1.50. The molecule has 98 valence electrons. The van der Waals surface area contributed by atoms with Crippen LogP contribution < -0.4 is 10.3 Å². The highest BCUT2D eigenvalue weighted by molar-refractivity contribution is 5.92. The van der Waals surface area contributed by atoms with Crippen molar-refractivity contribution in [3.8, 4) is 0 Å². The Morgan fingerprint density at radius 2 is 2.33 bits per heavy atom. The number of aromatic nitrogens is 1. The van der Waals surface area contributed by atoms with Crippen LogP contribution in [0.5, 0.6) is 0 Å². The third-order valence-corrected chi connectivity index (χ3v) is 3.31. The van der Waals surface area contributed by atoms with Crippen molar-refractivity contribution in [2.45, 2.75) is 25.4 Å². The van der Waals surface area contributed by atoms with Crippen LogP contribution in [0.3, 0.4) is 0 Å². The SMILES string of the molecule is C[C@H]1[C@@H](O)[C@H]([n+]2cccc(C(N)=O)c2)O[C@@H]1CO. The van der Waals surface area contributed by atoms with Gasteiger partial charge >= 0.3 is 0 Å². The van der Waals surface area contributed by atoms with Gasteiger partial charge in [-0.3, -0.25) is 4.79 Å². The Morgan fingerprint density at radius 3 is 2.89 bits per heavy atom. The second-order valence-corrected chi connectivity index (χ2v) is 4.50. The van der Waals surface area contributed by atoms with Gasteiger partial charge in [0.25, 0.3) is 12.1 Å². The quantitative estimate of drug-likeness (QED) is 0.599. The first-order chi connectivity index (χ1) is 8.54. The zero-order valence-electron chi connectivity index (χ0n) is 10.1. The minimum Gasteiger partial charge on any atom is -0.394 e. The van der Waals surface area contributed by atoms with E-state index in [9.17, 15) is 9.90 Å². The lowest BCUT2D eigenvalue weighted by Crippen LogP contribution is -2.45. The summed E-state index contributed by atoms with van der Waals surface area (Å²) in [5.41, 5.74) is 5.54. The van der Waals surface area contributed by atoms with Crippen LogP contribution in [0.2, 0.25) is 0 Å². The van der Waals surface area contributed by atoms with Gasteiger partial charge in [-0.1, -0.05) is 6.92 Å². The maximum atomic E-state index is 11.1. The Balaban J connectivity index is 2.27. The number of hydrogen-bond acceptors (Lipinski definition) is 4. The highest BCUT2D eigenvalue weighted by Crippen LogP contribution is 2.29. The first kappa shape index (κ1) is 12.9. The standard InChI is InChI=1S/C12H16N2O4/c1-7-9(6-15)18-12(10(7)16)14-4-2-3-8(5-14)11(13)17/h2-5,7,9-10,12,15-16H,6H2,1H3,(H-,13,17)/p+1/t7-,9-,10-,12-/m1/s1. The molecule has 1 aromatic rings. The molecular weight excluding hydrogens is 236 g/mol. The lowest BCUT2D eigenvalue weighted by molar-refractivity contribution is -0.765. The number of pyridine rings is 1. The summed E-state index contributed by atoms with van der Waals surface area (Å²) in [6.45, 7) is 1.66. The Labute approximate surface area is 105 Å². The zero-order valence-corrected chi connectivity index (χ0v) is 10.1. The number of rotatable bonds is 3. The van der Waals surface area contributed by atoms with Gasteiger partial charge in [-0.25, -0.2) is 0 Å². The van der Waals surface area contributed by atoms with Crippen LogP contribution in [0.4, 0.5) is 0 Å². The van der Waals surface area contributed by atoms with E-state index in [1.165, 1.54) is 6.20 Å². The topological polar surface area (TPSA) is 96.7 Å². The first-order valence-electron chi connectivity index (χ1n) is 5.79. The normalized spacial score (nSPS) is 31.5. The van der Waals surface area contributed by atoms with E-state index in [0.717, 1.165) is 0 Å². The predicted octanol–water partition coefficient (Wildman–Crippen LogP) is -1.04. The fourth-order valence-corrected chi connectivity index (χ4v) is 2.12. The number of nitrogens with two attached hydrogens (primary N) is 1. The smallest absolute Gasteiger partial charge is 0.289 e. The summed E-state index contributed by atoms with van der Waals surface area (Å²) in [4.78, 5) is 11.1. The average Bonchev–Trinajstić information content (AvgIpc) is 2.66. The summed E-state index contributed by atoms with van der Waals surface area (Å²) in [5, 5.41) is 19.2. The fourth-order valence-electron chi connectivity index (χ4n) is 2.12. The molecule has 1 aliphatic heterocycles. The van der Waals surface area contributed by atoms with Gasteiger partial charge in [0.1, 0.15) is 11.7 Å². The molecule has 0 bridgehead atoms. The number of amides is 1. The van der Waals surface area contributed by atoms with Gasteiger partial charge in [-0.2, -0.15) is 4.57 Å². The molecule has 1 aromatic heterocycles. The third-order valence-electron chi connectivity index (χ3n) is 3.31. The molecule has 4 N–H and O–H groups in total. The summed E-state index contributed by atoms with van der Waals surface area (Å²) in [7, 11) is 0. The van der Waals surface area contributed by atoms with E-state index in [-0.39, 0.29) is 12.5 Å². The molecule has 6 heteroatoms. The molecular formula is C12H17N2O4+. The molecule has 18 heavy (non-hydrogen) atoms. The van der Waals surface area contributed by atoms with Crippen LogP contribution in [0, 0.1) is 5.92 Å². The molecule has 0 spiro atoms. The van der Waals surface area contributed by atoms with E-state index in [1.807, 2.05) is 6.92 Å². The lowest BCUT2D eigenvalue weighted by atomic mass is 10.0. The van der Waals surface area contributed by atoms with Crippen LogP contribution in [0.25, 0.3) is 0 Å². The molecule has 0 unspecified atom stereocenters. The van der Waals surface area contributed by atoms with Crippen molar-refractivity contribution in [1.29, 1.82) is 0 Å². The van der Waals surface area contributed by atoms with Crippen molar-refractivity contribution in [1.82, 2.24) is 0 Å². The van der Waals surface area contributed by atoms with E-state index >= 15 is 0 Å². The van der Waals surface area contributed by atoms with Crippen LogP contribution in [0.15, 0.2) is 24.5 Å². The van der Waals surface area contributed by atoms with Gasteiger partial charge < -0.3 is 20.7 Å². The Bertz CT molecular complexity index is 451. The van der Waals surface area contributed by atoms with Gasteiger partial charge in [0, 0.05) is 12.0 Å². The highest BCUT2D eigenvalue weighted by atomic mass is 16.5. The van der Waals surface area contributed by atoms with Crippen molar-refractivity contribution in [3.05, 3.63) is 30.1 Å². The summed E-state index contributed by atoms with van der Waals surface area (Å²) in [6.07, 6.45) is 1.46. The fraction of sp³-hybridized carbons (Fsp3) is 0.500. The average molecular weight is 253 g/mol. The van der Waals surface area contributed by atoms with Crippen molar-refractivity contribution in [2.75, 3.05) is 6.61 Å². The maximum Gasteiger partial charge on any atom is 0.289 e. The zero-order chi connectivity index (χ0) is 13.3. The third kappa shape index (κ3) is 2.22. The Kier molecular flexibility index (Phi) is 3.60. The molecule has 0 radical (unpaired) electrons. The molecule has 4 atom stereocenters. The van der Waals surface area contributed by atoms with Crippen molar-refractivity contribution >= 4 is 5.91 Å². The number of aliphatic hydroxyl groups is 2. The maximum absolute atomic E-state index is 11.1. The van der Waals surface area contributed by atoms with Gasteiger partial charge in [-0.05, 0) is 6.07 Å². The minimum atomic E-state index is -0.740. The molecule has 0 aromatic carbocycles. The highest BCUT2D eigenvalue weighted by Gasteiger charge is 2.46. The van der Waals surface area contributed by atoms with Crippen LogP contribution >= 0.6 is 0 Å². The van der Waals surface area contributed by atoms with E-state index in [4.69, 9.17) is 15.6 Å². The van der Waals surface area contributed by atoms with Crippen LogP contribution in [0.1, 0.15) is 23.5 Å². The van der Waals surface area contributed by atoms with Crippen LogP contribution in [-0.2, 0) is 4.74 Å². The number of carbonyl (C=O) groups excluding carboxylic acids is 1. The molecule has 1 fully saturated rings. The Morgan fingerprint density at radius 1 is 1.61 bits per heavy atom. The first-order valence-corrected chi connectivity index (χ1v) is 5.79. The van der Waals surface area contributed by atoms with Gasteiger partial charge in [0.05, 0.1) is 12.7 Å². The van der Waals surface area contributed by atoms with E-state index < -0.39 is 24.3 Å². The molecule has 1 amide bonds. The van der Waals surface area contributed by atoms with Gasteiger partial charge in [0.15, 0.2) is 12.4 Å². The van der Waals surface area contributed by atoms with Crippen LogP contribution in [-0.4, -0.2) is 34.9 Å². The second kappa shape index (κ2) is 5.01. The number of aliphatic hydroxyl groups excluding tert-OH is 2. The largest absolute Gasteiger partial charge is 0.394 e. The number of ether oxygens (including phenoxy) is 1. The molecule has 1 aliphatic rings. The lowest BCUT2D eigenvalue weighted by Gasteiger charge is -2.10. The molecule has 0 aliphatic carbocycles. The van der Waals surface area contributed by atoms with E-state index in [2.05, 4.69) is 0 Å². The summed E-state index contributed by atoms with van der Waals surface area (Å²) in [5.74, 6) is -0.715. The monoisotopic (exact) mass is 253 g/mol. The number of carbonyl (C=O) groups is 1. The molecule has 1 saturated heterocycles. The summed E-state index contributed by atoms with van der Waals surface area (Å²) >= 11 is 0. The molecule has 0 saturated carbocycles. The minimum absolute atomic E-state index is 0.148. The molecule has 6 nitrogen and oxygen atoms in total. The number of hydrogen-bond donors (Lipinski definition) is 3. The van der Waals surface area contributed by atoms with Gasteiger partial charge in [0.2, 0.25) is 0 Å². The van der Waals surface area contributed by atoms with Crippen molar-refractivity contribution in [3.63, 3.8) is 0 Å². The van der Waals surface area contributed by atoms with Crippen molar-refractivity contribution < 1.29 is 24.3 Å². The van der Waals surface area contributed by atoms with Crippen molar-refractivity contribution in [2.24, 2.45) is 11.7 Å².